The maximum absolute atomic E-state index is 6.06. The van der Waals surface area contributed by atoms with E-state index in [1.807, 2.05) is 24.5 Å². The highest BCUT2D eigenvalue weighted by Gasteiger charge is 2.07. The van der Waals surface area contributed by atoms with Gasteiger partial charge in [0, 0.05) is 45.2 Å². The number of pyridine rings is 1. The summed E-state index contributed by atoms with van der Waals surface area (Å²) in [6, 6.07) is 4.29. The van der Waals surface area contributed by atoms with Crippen LogP contribution >= 0.6 is 0 Å². The fourth-order valence-electron chi connectivity index (χ4n) is 1.85. The van der Waals surface area contributed by atoms with Crippen molar-refractivity contribution in [1.29, 1.82) is 0 Å². The molecule has 96 valence electrons. The van der Waals surface area contributed by atoms with Gasteiger partial charge in [0.25, 0.3) is 0 Å². The van der Waals surface area contributed by atoms with Gasteiger partial charge in [-0.1, -0.05) is 0 Å². The molecule has 2 N–H and O–H groups in total. The first-order valence-corrected chi connectivity index (χ1v) is 6.04. The summed E-state index contributed by atoms with van der Waals surface area (Å²) in [5.41, 5.74) is 7.33. The first-order valence-electron chi connectivity index (χ1n) is 6.04. The predicted octanol–water partition coefficient (Wildman–Crippen LogP) is 1.27. The molecule has 0 aliphatic carbocycles. The lowest BCUT2D eigenvalue weighted by Gasteiger charge is -2.21. The number of likely N-dealkylation sites (N-methyl/N-ethyl adjacent to an activating group) is 1. The summed E-state index contributed by atoms with van der Waals surface area (Å²) >= 11 is 0. The van der Waals surface area contributed by atoms with Crippen LogP contribution < -0.4 is 5.73 Å². The summed E-state index contributed by atoms with van der Waals surface area (Å²) in [5.74, 6) is 0. The van der Waals surface area contributed by atoms with E-state index in [1.54, 1.807) is 7.11 Å². The molecule has 0 fully saturated rings. The number of methoxy groups -OCH3 is 1. The van der Waals surface area contributed by atoms with Crippen LogP contribution in [0.4, 0.5) is 0 Å². The molecule has 0 aliphatic heterocycles. The Labute approximate surface area is 104 Å². The van der Waals surface area contributed by atoms with E-state index in [-0.39, 0.29) is 6.04 Å². The van der Waals surface area contributed by atoms with Crippen LogP contribution in [0.2, 0.25) is 0 Å². The Bertz CT molecular complexity index is 292. The van der Waals surface area contributed by atoms with Gasteiger partial charge < -0.3 is 15.4 Å². The van der Waals surface area contributed by atoms with Crippen molar-refractivity contribution in [2.45, 2.75) is 25.4 Å². The van der Waals surface area contributed by atoms with E-state index < -0.39 is 0 Å². The second-order valence-corrected chi connectivity index (χ2v) is 4.45. The highest BCUT2D eigenvalue weighted by Crippen LogP contribution is 2.03. The van der Waals surface area contributed by atoms with Gasteiger partial charge in [-0.3, -0.25) is 4.98 Å². The lowest BCUT2D eigenvalue weighted by atomic mass is 10.1. The lowest BCUT2D eigenvalue weighted by molar-refractivity contribution is 0.187. The zero-order chi connectivity index (χ0) is 12.5. The third-order valence-electron chi connectivity index (χ3n) is 2.67. The lowest BCUT2D eigenvalue weighted by Crippen LogP contribution is -2.35. The monoisotopic (exact) mass is 237 g/mol. The largest absolute Gasteiger partial charge is 0.385 e. The molecular formula is C13H23N3O. The molecule has 1 heterocycles. The fourth-order valence-corrected chi connectivity index (χ4v) is 1.85. The van der Waals surface area contributed by atoms with Crippen LogP contribution in [-0.4, -0.2) is 43.2 Å². The number of hydrogen-bond acceptors (Lipinski definition) is 4. The number of aromatic nitrogens is 1. The molecule has 0 saturated carbocycles. The number of nitrogens with zero attached hydrogens (tertiary/aromatic N) is 2. The van der Waals surface area contributed by atoms with E-state index >= 15 is 0 Å². The maximum atomic E-state index is 6.06. The van der Waals surface area contributed by atoms with Gasteiger partial charge in [-0.15, -0.1) is 0 Å². The molecule has 0 spiro atoms. The van der Waals surface area contributed by atoms with E-state index in [1.165, 1.54) is 5.56 Å². The van der Waals surface area contributed by atoms with Gasteiger partial charge in [0.2, 0.25) is 0 Å². The Morgan fingerprint density at radius 2 is 2.12 bits per heavy atom. The molecule has 1 aromatic rings. The molecule has 4 nitrogen and oxygen atoms in total. The van der Waals surface area contributed by atoms with Crippen molar-refractivity contribution < 1.29 is 4.74 Å². The minimum absolute atomic E-state index is 0.219. The second-order valence-electron chi connectivity index (χ2n) is 4.45. The Balaban J connectivity index is 2.22. The third-order valence-corrected chi connectivity index (χ3v) is 2.67. The van der Waals surface area contributed by atoms with E-state index in [0.717, 1.165) is 32.5 Å². The Hall–Kier alpha value is -0.970. The second kappa shape index (κ2) is 8.17. The van der Waals surface area contributed by atoms with Crippen LogP contribution in [0, 0.1) is 0 Å². The van der Waals surface area contributed by atoms with Gasteiger partial charge in [0.1, 0.15) is 0 Å². The molecule has 0 aliphatic rings. The summed E-state index contributed by atoms with van der Waals surface area (Å²) in [7, 11) is 3.82. The van der Waals surface area contributed by atoms with Gasteiger partial charge in [0.05, 0.1) is 0 Å². The highest BCUT2D eigenvalue weighted by molar-refractivity contribution is 5.09. The minimum Gasteiger partial charge on any atom is -0.385 e. The van der Waals surface area contributed by atoms with Crippen LogP contribution in [0.1, 0.15) is 18.4 Å². The van der Waals surface area contributed by atoms with Crippen LogP contribution in [-0.2, 0) is 11.3 Å². The Kier molecular flexibility index (Phi) is 6.77. The molecule has 4 heteroatoms. The smallest absolute Gasteiger partial charge is 0.0462 e. The molecule has 0 amide bonds. The van der Waals surface area contributed by atoms with Crippen LogP contribution in [0.15, 0.2) is 24.5 Å². The van der Waals surface area contributed by atoms with E-state index in [0.29, 0.717) is 0 Å². The average molecular weight is 237 g/mol. The molecule has 1 unspecified atom stereocenters. The van der Waals surface area contributed by atoms with Crippen LogP contribution in [0.3, 0.4) is 0 Å². The topological polar surface area (TPSA) is 51.4 Å². The average Bonchev–Trinajstić information content (AvgIpc) is 2.30. The molecule has 0 aromatic carbocycles. The van der Waals surface area contributed by atoms with Crippen molar-refractivity contribution in [3.05, 3.63) is 30.1 Å². The number of ether oxygens (including phenoxy) is 1. The van der Waals surface area contributed by atoms with Crippen molar-refractivity contribution in [3.63, 3.8) is 0 Å². The summed E-state index contributed by atoms with van der Waals surface area (Å²) in [5, 5.41) is 0. The van der Waals surface area contributed by atoms with Gasteiger partial charge in [-0.05, 0) is 37.6 Å². The summed E-state index contributed by atoms with van der Waals surface area (Å²) in [6.07, 6.45) is 5.68. The van der Waals surface area contributed by atoms with Crippen molar-refractivity contribution in [2.75, 3.05) is 27.3 Å². The molecule has 1 aromatic heterocycles. The van der Waals surface area contributed by atoms with E-state index in [2.05, 4.69) is 16.9 Å². The number of rotatable bonds is 8. The van der Waals surface area contributed by atoms with Crippen molar-refractivity contribution in [2.24, 2.45) is 5.73 Å². The first-order chi connectivity index (χ1) is 8.22. The zero-order valence-electron chi connectivity index (χ0n) is 10.8. The van der Waals surface area contributed by atoms with Gasteiger partial charge >= 0.3 is 0 Å². The van der Waals surface area contributed by atoms with Crippen molar-refractivity contribution >= 4 is 0 Å². The maximum Gasteiger partial charge on any atom is 0.0462 e. The molecule has 1 atom stereocenters. The molecule has 0 bridgehead atoms. The molecular weight excluding hydrogens is 214 g/mol. The van der Waals surface area contributed by atoms with Gasteiger partial charge in [-0.2, -0.15) is 0 Å². The normalized spacial score (nSPS) is 12.9. The highest BCUT2D eigenvalue weighted by atomic mass is 16.5. The van der Waals surface area contributed by atoms with E-state index in [4.69, 9.17) is 10.5 Å². The Morgan fingerprint density at radius 3 is 2.76 bits per heavy atom. The summed E-state index contributed by atoms with van der Waals surface area (Å²) < 4.78 is 5.02. The fraction of sp³-hybridized carbons (Fsp3) is 0.615. The molecule has 1 rings (SSSR count). The van der Waals surface area contributed by atoms with E-state index in [9.17, 15) is 0 Å². The van der Waals surface area contributed by atoms with Crippen LogP contribution in [0.25, 0.3) is 0 Å². The quantitative estimate of drug-likeness (QED) is 0.692. The molecule has 0 saturated heterocycles. The van der Waals surface area contributed by atoms with Gasteiger partial charge in [0.15, 0.2) is 0 Å². The third kappa shape index (κ3) is 6.36. The zero-order valence-corrected chi connectivity index (χ0v) is 10.8. The Morgan fingerprint density at radius 1 is 1.41 bits per heavy atom. The standard InChI is InChI=1S/C13H23N3O/c1-16(10-12-5-7-15-8-6-12)11-13(14)4-3-9-17-2/h5-8,13H,3-4,9-11,14H2,1-2H3. The molecule has 0 radical (unpaired) electrons. The first kappa shape index (κ1) is 14.1. The van der Waals surface area contributed by atoms with Gasteiger partial charge in [-0.25, -0.2) is 0 Å². The van der Waals surface area contributed by atoms with Crippen molar-refractivity contribution in [3.8, 4) is 0 Å². The molecule has 17 heavy (non-hydrogen) atoms. The number of hydrogen-bond donors (Lipinski definition) is 1. The SMILES string of the molecule is COCCCC(N)CN(C)Cc1ccncc1. The van der Waals surface area contributed by atoms with Crippen LogP contribution in [0.5, 0.6) is 0 Å². The minimum atomic E-state index is 0.219. The van der Waals surface area contributed by atoms with Crippen molar-refractivity contribution in [1.82, 2.24) is 9.88 Å². The summed E-state index contributed by atoms with van der Waals surface area (Å²) in [6.45, 7) is 2.62. The summed E-state index contributed by atoms with van der Waals surface area (Å²) in [4.78, 5) is 6.25. The number of nitrogens with two attached hydrogens (primary N) is 1. The predicted molar refractivity (Wildman–Crippen MR) is 69.7 cm³/mol.